The van der Waals surface area contributed by atoms with Gasteiger partial charge in [-0.3, -0.25) is 9.52 Å². The molecule has 7 nitrogen and oxygen atoms in total. The fourth-order valence-corrected chi connectivity index (χ4v) is 3.75. The van der Waals surface area contributed by atoms with Crippen LogP contribution in [0.2, 0.25) is 0 Å². The van der Waals surface area contributed by atoms with Crippen LogP contribution in [0.25, 0.3) is 0 Å². The zero-order valence-electron chi connectivity index (χ0n) is 15.6. The van der Waals surface area contributed by atoms with Crippen molar-refractivity contribution in [2.45, 2.75) is 25.3 Å². The van der Waals surface area contributed by atoms with Crippen molar-refractivity contribution >= 4 is 21.7 Å². The zero-order valence-corrected chi connectivity index (χ0v) is 16.4. The van der Waals surface area contributed by atoms with Gasteiger partial charge in [0.2, 0.25) is 0 Å². The van der Waals surface area contributed by atoms with Gasteiger partial charge in [0.1, 0.15) is 5.76 Å². The second kappa shape index (κ2) is 8.26. The van der Waals surface area contributed by atoms with Crippen molar-refractivity contribution < 1.29 is 17.7 Å². The van der Waals surface area contributed by atoms with Crippen LogP contribution in [-0.2, 0) is 16.6 Å². The first-order chi connectivity index (χ1) is 13.4. The summed E-state index contributed by atoms with van der Waals surface area (Å²) in [4.78, 5) is 14.5. The molecule has 0 aliphatic heterocycles. The van der Waals surface area contributed by atoms with Crippen LogP contribution in [0.1, 0.15) is 28.6 Å². The molecule has 0 radical (unpaired) electrons. The van der Waals surface area contributed by atoms with Crippen molar-refractivity contribution in [3.63, 3.8) is 0 Å². The fraction of sp³-hybridized carbons (Fsp3) is 0.200. The highest BCUT2D eigenvalue weighted by atomic mass is 32.2. The smallest absolute Gasteiger partial charge is 0.263 e. The van der Waals surface area contributed by atoms with Crippen LogP contribution in [0, 0.1) is 6.92 Å². The minimum Gasteiger partial charge on any atom is -0.360 e. The first kappa shape index (κ1) is 19.6. The largest absolute Gasteiger partial charge is 0.360 e. The number of nitrogens with one attached hydrogen (secondary N) is 1. The van der Waals surface area contributed by atoms with Gasteiger partial charge in [-0.1, -0.05) is 41.6 Å². The summed E-state index contributed by atoms with van der Waals surface area (Å²) in [7, 11) is -3.89. The number of amides is 1. The molecular weight excluding hydrogens is 378 g/mol. The topological polar surface area (TPSA) is 92.5 Å². The Morgan fingerprint density at radius 3 is 2.50 bits per heavy atom. The molecule has 0 atom stereocenters. The monoisotopic (exact) mass is 399 g/mol. The summed E-state index contributed by atoms with van der Waals surface area (Å²) < 4.78 is 32.4. The molecule has 3 aromatic rings. The molecule has 8 heteroatoms. The Labute approximate surface area is 164 Å². The Kier molecular flexibility index (Phi) is 5.79. The molecule has 28 heavy (non-hydrogen) atoms. The summed E-state index contributed by atoms with van der Waals surface area (Å²) >= 11 is 0. The van der Waals surface area contributed by atoms with Gasteiger partial charge in [-0.15, -0.1) is 0 Å². The minimum atomic E-state index is -3.89. The quantitative estimate of drug-likeness (QED) is 0.657. The predicted octanol–water partition coefficient (Wildman–Crippen LogP) is 3.45. The van der Waals surface area contributed by atoms with Gasteiger partial charge in [0, 0.05) is 24.7 Å². The summed E-state index contributed by atoms with van der Waals surface area (Å²) in [5, 5.41) is 3.63. The molecule has 1 aromatic heterocycles. The van der Waals surface area contributed by atoms with Gasteiger partial charge in [-0.05, 0) is 37.6 Å². The average Bonchev–Trinajstić information content (AvgIpc) is 3.10. The van der Waals surface area contributed by atoms with E-state index < -0.39 is 10.0 Å². The summed E-state index contributed by atoms with van der Waals surface area (Å²) in [6.45, 7) is 4.50. The number of hydrogen-bond donors (Lipinski definition) is 1. The van der Waals surface area contributed by atoms with E-state index in [0.29, 0.717) is 24.4 Å². The van der Waals surface area contributed by atoms with E-state index in [0.717, 1.165) is 5.56 Å². The van der Waals surface area contributed by atoms with Crippen LogP contribution in [0.15, 0.2) is 70.1 Å². The summed E-state index contributed by atoms with van der Waals surface area (Å²) in [5.74, 6) is 0.343. The van der Waals surface area contributed by atoms with Crippen molar-refractivity contribution in [2.24, 2.45) is 0 Å². The van der Waals surface area contributed by atoms with Gasteiger partial charge in [0.25, 0.3) is 15.9 Å². The molecule has 0 unspecified atom stereocenters. The zero-order chi connectivity index (χ0) is 20.1. The molecule has 0 fully saturated rings. The van der Waals surface area contributed by atoms with Gasteiger partial charge < -0.3 is 9.42 Å². The summed E-state index contributed by atoms with van der Waals surface area (Å²) in [5.41, 5.74) is 1.31. The first-order valence-electron chi connectivity index (χ1n) is 8.78. The van der Waals surface area contributed by atoms with Crippen LogP contribution in [0.3, 0.4) is 0 Å². The lowest BCUT2D eigenvalue weighted by Crippen LogP contribution is -2.30. The van der Waals surface area contributed by atoms with E-state index in [4.69, 9.17) is 4.52 Å². The second-order valence-electron chi connectivity index (χ2n) is 6.26. The van der Waals surface area contributed by atoms with E-state index in [2.05, 4.69) is 9.88 Å². The lowest BCUT2D eigenvalue weighted by Gasteiger charge is -2.21. The van der Waals surface area contributed by atoms with Crippen molar-refractivity contribution in [2.75, 3.05) is 11.3 Å². The van der Waals surface area contributed by atoms with Gasteiger partial charge in [-0.25, -0.2) is 8.42 Å². The molecule has 1 N–H and O–H groups in total. The number of anilines is 1. The standard InChI is InChI=1S/C20H21N3O4S/c1-3-23(14-16-8-5-4-6-9-16)20(24)17-10-7-11-18(13-17)28(25,26)22-19-12-15(2)27-21-19/h4-13H,3,14H2,1-2H3,(H,21,22). The Morgan fingerprint density at radius 2 is 1.86 bits per heavy atom. The molecule has 1 amide bonds. The maximum atomic E-state index is 12.9. The lowest BCUT2D eigenvalue weighted by atomic mass is 10.1. The highest BCUT2D eigenvalue weighted by Crippen LogP contribution is 2.18. The number of hydrogen-bond acceptors (Lipinski definition) is 5. The van der Waals surface area contributed by atoms with Crippen LogP contribution in [0.5, 0.6) is 0 Å². The Balaban J connectivity index is 1.82. The van der Waals surface area contributed by atoms with E-state index in [9.17, 15) is 13.2 Å². The van der Waals surface area contributed by atoms with Crippen LogP contribution in [0.4, 0.5) is 5.82 Å². The molecule has 146 valence electrons. The Bertz CT molecular complexity index is 1060. The van der Waals surface area contributed by atoms with Crippen molar-refractivity contribution in [3.8, 4) is 0 Å². The third-order valence-corrected chi connectivity index (χ3v) is 5.50. The molecule has 2 aromatic carbocycles. The maximum absolute atomic E-state index is 12.9. The molecular formula is C20H21N3O4S. The third kappa shape index (κ3) is 4.58. The number of aryl methyl sites for hydroxylation is 1. The predicted molar refractivity (Wildman–Crippen MR) is 105 cm³/mol. The average molecular weight is 399 g/mol. The van der Waals surface area contributed by atoms with E-state index in [-0.39, 0.29) is 16.6 Å². The normalized spacial score (nSPS) is 11.2. The summed E-state index contributed by atoms with van der Waals surface area (Å²) in [6, 6.07) is 17.1. The van der Waals surface area contributed by atoms with Gasteiger partial charge >= 0.3 is 0 Å². The van der Waals surface area contributed by atoms with Crippen molar-refractivity contribution in [1.82, 2.24) is 10.1 Å². The molecule has 0 aliphatic rings. The number of rotatable bonds is 7. The van der Waals surface area contributed by atoms with Crippen LogP contribution >= 0.6 is 0 Å². The molecule has 0 spiro atoms. The molecule has 0 aliphatic carbocycles. The third-order valence-electron chi connectivity index (χ3n) is 4.14. The molecule has 1 heterocycles. The first-order valence-corrected chi connectivity index (χ1v) is 10.3. The van der Waals surface area contributed by atoms with Gasteiger partial charge in [0.05, 0.1) is 4.90 Å². The van der Waals surface area contributed by atoms with Crippen molar-refractivity contribution in [3.05, 3.63) is 77.6 Å². The number of aromatic nitrogens is 1. The van der Waals surface area contributed by atoms with Gasteiger partial charge in [-0.2, -0.15) is 0 Å². The Hall–Kier alpha value is -3.13. The summed E-state index contributed by atoms with van der Waals surface area (Å²) in [6.07, 6.45) is 0. The van der Waals surface area contributed by atoms with Gasteiger partial charge in [0.15, 0.2) is 5.82 Å². The van der Waals surface area contributed by atoms with E-state index in [1.807, 2.05) is 37.3 Å². The van der Waals surface area contributed by atoms with Crippen molar-refractivity contribution in [1.29, 1.82) is 0 Å². The highest BCUT2D eigenvalue weighted by molar-refractivity contribution is 7.92. The maximum Gasteiger partial charge on any atom is 0.263 e. The Morgan fingerprint density at radius 1 is 1.11 bits per heavy atom. The SMILES string of the molecule is CCN(Cc1ccccc1)C(=O)c1cccc(S(=O)(=O)Nc2cc(C)on2)c1. The number of carbonyl (C=O) groups excluding carboxylic acids is 1. The van der Waals surface area contributed by atoms with Crippen LogP contribution < -0.4 is 4.72 Å². The van der Waals surface area contributed by atoms with E-state index >= 15 is 0 Å². The molecule has 0 saturated heterocycles. The number of nitrogens with zero attached hydrogens (tertiary/aromatic N) is 2. The molecule has 0 bridgehead atoms. The number of benzene rings is 2. The fourth-order valence-electron chi connectivity index (χ4n) is 2.72. The highest BCUT2D eigenvalue weighted by Gasteiger charge is 2.20. The van der Waals surface area contributed by atoms with Crippen LogP contribution in [-0.4, -0.2) is 30.9 Å². The number of carbonyl (C=O) groups is 1. The van der Waals surface area contributed by atoms with E-state index in [1.54, 1.807) is 24.0 Å². The number of sulfonamides is 1. The molecule has 0 saturated carbocycles. The minimum absolute atomic E-state index is 0.0187. The molecule has 3 rings (SSSR count). The second-order valence-corrected chi connectivity index (χ2v) is 7.94. The van der Waals surface area contributed by atoms with E-state index in [1.165, 1.54) is 18.2 Å². The lowest BCUT2D eigenvalue weighted by molar-refractivity contribution is 0.0752.